The van der Waals surface area contributed by atoms with Gasteiger partial charge in [-0.3, -0.25) is 0 Å². The van der Waals surface area contributed by atoms with Crippen molar-refractivity contribution in [3.63, 3.8) is 0 Å². The van der Waals surface area contributed by atoms with E-state index in [-0.39, 0.29) is 5.54 Å². The summed E-state index contributed by atoms with van der Waals surface area (Å²) >= 11 is 0. The number of anilines is 2. The van der Waals surface area contributed by atoms with Crippen LogP contribution in [0, 0.1) is 6.92 Å². The predicted molar refractivity (Wildman–Crippen MR) is 68.4 cm³/mol. The largest absolute Gasteiger partial charge is 0.383 e. The third-order valence-corrected chi connectivity index (χ3v) is 3.54. The van der Waals surface area contributed by atoms with E-state index in [1.54, 1.807) is 0 Å². The molecule has 16 heavy (non-hydrogen) atoms. The zero-order valence-electron chi connectivity index (χ0n) is 10.7. The molecule has 0 aliphatic rings. The molecule has 4 heteroatoms. The van der Waals surface area contributed by atoms with Crippen LogP contribution in [-0.2, 0) is 0 Å². The zero-order chi connectivity index (χ0) is 12.2. The van der Waals surface area contributed by atoms with Crippen LogP contribution in [0.4, 0.5) is 11.6 Å². The molecule has 0 unspecified atom stereocenters. The molecular formula is C12H22N4. The van der Waals surface area contributed by atoms with Crippen LogP contribution in [0.25, 0.3) is 0 Å². The molecule has 0 amide bonds. The highest BCUT2D eigenvalue weighted by atomic mass is 15.1. The molecule has 90 valence electrons. The predicted octanol–water partition coefficient (Wildman–Crippen LogP) is 2.75. The van der Waals surface area contributed by atoms with Gasteiger partial charge in [0.1, 0.15) is 18.0 Å². The Morgan fingerprint density at radius 2 is 1.75 bits per heavy atom. The molecule has 0 fully saturated rings. The van der Waals surface area contributed by atoms with E-state index in [1.165, 1.54) is 6.33 Å². The van der Waals surface area contributed by atoms with Gasteiger partial charge in [0.15, 0.2) is 0 Å². The molecule has 0 saturated heterocycles. The first-order valence-electron chi connectivity index (χ1n) is 5.93. The minimum atomic E-state index is 0.117. The van der Waals surface area contributed by atoms with Crippen LogP contribution in [0.3, 0.4) is 0 Å². The van der Waals surface area contributed by atoms with E-state index in [9.17, 15) is 0 Å². The van der Waals surface area contributed by atoms with E-state index in [1.807, 2.05) is 6.92 Å². The average molecular weight is 222 g/mol. The van der Waals surface area contributed by atoms with E-state index in [0.717, 1.165) is 30.6 Å². The average Bonchev–Trinajstić information content (AvgIpc) is 2.32. The summed E-state index contributed by atoms with van der Waals surface area (Å²) in [7, 11) is 0. The Hall–Kier alpha value is -1.32. The first kappa shape index (κ1) is 12.7. The van der Waals surface area contributed by atoms with Gasteiger partial charge in [-0.25, -0.2) is 9.97 Å². The Labute approximate surface area is 97.7 Å². The standard InChI is InChI=1S/C12H22N4/c1-5-12(6-2,7-3)16-11-9(4)10(13)14-8-15-11/h8H,5-7H2,1-4H3,(H3,13,14,15,16). The van der Waals surface area contributed by atoms with Crippen molar-refractivity contribution in [2.75, 3.05) is 11.1 Å². The van der Waals surface area contributed by atoms with Crippen LogP contribution >= 0.6 is 0 Å². The molecule has 1 rings (SSSR count). The molecule has 1 aromatic rings. The highest BCUT2D eigenvalue weighted by Crippen LogP contribution is 2.27. The molecule has 0 saturated carbocycles. The van der Waals surface area contributed by atoms with Crippen LogP contribution in [-0.4, -0.2) is 15.5 Å². The molecule has 1 heterocycles. The number of aromatic nitrogens is 2. The van der Waals surface area contributed by atoms with Gasteiger partial charge in [-0.05, 0) is 26.2 Å². The molecule has 0 aliphatic heterocycles. The normalized spacial score (nSPS) is 11.5. The minimum Gasteiger partial charge on any atom is -0.383 e. The molecule has 0 spiro atoms. The first-order valence-corrected chi connectivity index (χ1v) is 5.93. The van der Waals surface area contributed by atoms with Gasteiger partial charge in [0.25, 0.3) is 0 Å². The van der Waals surface area contributed by atoms with Crippen molar-refractivity contribution in [3.8, 4) is 0 Å². The molecule has 0 radical (unpaired) electrons. The van der Waals surface area contributed by atoms with Crippen molar-refractivity contribution in [2.45, 2.75) is 52.5 Å². The summed E-state index contributed by atoms with van der Waals surface area (Å²) in [5.74, 6) is 1.41. The molecule has 3 N–H and O–H groups in total. The summed E-state index contributed by atoms with van der Waals surface area (Å²) in [6, 6.07) is 0. The number of nitrogens with zero attached hydrogens (tertiary/aromatic N) is 2. The maximum absolute atomic E-state index is 5.77. The number of nitrogen functional groups attached to an aromatic ring is 1. The highest BCUT2D eigenvalue weighted by Gasteiger charge is 2.24. The van der Waals surface area contributed by atoms with Gasteiger partial charge in [0.2, 0.25) is 0 Å². The summed E-state index contributed by atoms with van der Waals surface area (Å²) < 4.78 is 0. The third-order valence-electron chi connectivity index (χ3n) is 3.54. The van der Waals surface area contributed by atoms with Crippen molar-refractivity contribution in [3.05, 3.63) is 11.9 Å². The second kappa shape index (κ2) is 5.14. The Morgan fingerprint density at radius 1 is 1.19 bits per heavy atom. The maximum Gasteiger partial charge on any atom is 0.134 e. The summed E-state index contributed by atoms with van der Waals surface area (Å²) in [6.07, 6.45) is 4.73. The van der Waals surface area contributed by atoms with Crippen molar-refractivity contribution in [1.29, 1.82) is 0 Å². The lowest BCUT2D eigenvalue weighted by atomic mass is 9.89. The minimum absolute atomic E-state index is 0.117. The molecular weight excluding hydrogens is 200 g/mol. The molecule has 0 aliphatic carbocycles. The van der Waals surface area contributed by atoms with Gasteiger partial charge in [0.05, 0.1) is 0 Å². The fourth-order valence-electron chi connectivity index (χ4n) is 1.86. The Bertz CT molecular complexity index is 337. The van der Waals surface area contributed by atoms with Gasteiger partial charge in [-0.2, -0.15) is 0 Å². The fraction of sp³-hybridized carbons (Fsp3) is 0.667. The van der Waals surface area contributed by atoms with Crippen LogP contribution < -0.4 is 11.1 Å². The van der Waals surface area contributed by atoms with E-state index in [0.29, 0.717) is 5.82 Å². The van der Waals surface area contributed by atoms with Crippen LogP contribution in [0.1, 0.15) is 45.6 Å². The van der Waals surface area contributed by atoms with Gasteiger partial charge in [-0.1, -0.05) is 20.8 Å². The summed E-state index contributed by atoms with van der Waals surface area (Å²) in [6.45, 7) is 8.53. The van der Waals surface area contributed by atoms with E-state index >= 15 is 0 Å². The van der Waals surface area contributed by atoms with E-state index in [4.69, 9.17) is 5.73 Å². The molecule has 4 nitrogen and oxygen atoms in total. The molecule has 0 aromatic carbocycles. The van der Waals surface area contributed by atoms with Crippen LogP contribution in [0.15, 0.2) is 6.33 Å². The SMILES string of the molecule is CCC(CC)(CC)Nc1ncnc(N)c1C. The summed E-state index contributed by atoms with van der Waals surface area (Å²) in [5.41, 5.74) is 6.82. The Balaban J connectivity index is 2.98. The second-order valence-electron chi connectivity index (χ2n) is 4.20. The number of rotatable bonds is 5. The zero-order valence-corrected chi connectivity index (χ0v) is 10.7. The van der Waals surface area contributed by atoms with Crippen LogP contribution in [0.5, 0.6) is 0 Å². The summed E-state index contributed by atoms with van der Waals surface area (Å²) in [5, 5.41) is 3.52. The molecule has 1 aromatic heterocycles. The van der Waals surface area contributed by atoms with E-state index < -0.39 is 0 Å². The smallest absolute Gasteiger partial charge is 0.134 e. The molecule has 0 bridgehead atoms. The van der Waals surface area contributed by atoms with Gasteiger partial charge in [0, 0.05) is 11.1 Å². The third kappa shape index (κ3) is 2.43. The van der Waals surface area contributed by atoms with Gasteiger partial charge in [-0.15, -0.1) is 0 Å². The number of nitrogens with two attached hydrogens (primary N) is 1. The Kier molecular flexibility index (Phi) is 4.10. The summed E-state index contributed by atoms with van der Waals surface area (Å²) in [4.78, 5) is 8.24. The van der Waals surface area contributed by atoms with Crippen molar-refractivity contribution in [1.82, 2.24) is 9.97 Å². The number of hydrogen-bond acceptors (Lipinski definition) is 4. The van der Waals surface area contributed by atoms with Gasteiger partial charge >= 0.3 is 0 Å². The lowest BCUT2D eigenvalue weighted by Crippen LogP contribution is -2.36. The lowest BCUT2D eigenvalue weighted by Gasteiger charge is -2.33. The monoisotopic (exact) mass is 222 g/mol. The van der Waals surface area contributed by atoms with Gasteiger partial charge < -0.3 is 11.1 Å². The van der Waals surface area contributed by atoms with Crippen molar-refractivity contribution < 1.29 is 0 Å². The maximum atomic E-state index is 5.77. The molecule has 0 atom stereocenters. The quantitative estimate of drug-likeness (QED) is 0.804. The fourth-order valence-corrected chi connectivity index (χ4v) is 1.86. The Morgan fingerprint density at radius 3 is 2.25 bits per heavy atom. The second-order valence-corrected chi connectivity index (χ2v) is 4.20. The number of hydrogen-bond donors (Lipinski definition) is 2. The van der Waals surface area contributed by atoms with Crippen LogP contribution in [0.2, 0.25) is 0 Å². The van der Waals surface area contributed by atoms with Crippen molar-refractivity contribution in [2.24, 2.45) is 0 Å². The lowest BCUT2D eigenvalue weighted by molar-refractivity contribution is 0.418. The highest BCUT2D eigenvalue weighted by molar-refractivity contribution is 5.55. The topological polar surface area (TPSA) is 63.8 Å². The van der Waals surface area contributed by atoms with Crippen molar-refractivity contribution >= 4 is 11.6 Å². The number of nitrogens with one attached hydrogen (secondary N) is 1. The first-order chi connectivity index (χ1) is 7.58. The van der Waals surface area contributed by atoms with E-state index in [2.05, 4.69) is 36.1 Å².